The van der Waals surface area contributed by atoms with Gasteiger partial charge < -0.3 is 10.2 Å². The minimum atomic E-state index is -0.417. The normalized spacial score (nSPS) is 10.4. The molecule has 0 fully saturated rings. The minimum absolute atomic E-state index is 0.202. The van der Waals surface area contributed by atoms with E-state index in [0.717, 1.165) is 0 Å². The summed E-state index contributed by atoms with van der Waals surface area (Å²) in [7, 11) is 3.46. The number of benzene rings is 1. The molecule has 0 aromatic heterocycles. The fraction of sp³-hybridized carbons (Fsp3) is 0.417. The van der Waals surface area contributed by atoms with Crippen molar-refractivity contribution >= 4 is 17.5 Å². The van der Waals surface area contributed by atoms with Crippen LogP contribution in [-0.2, 0) is 0 Å². The molecule has 1 aromatic carbocycles. The number of hydrogen-bond donors (Lipinski definition) is 1. The van der Waals surface area contributed by atoms with Crippen molar-refractivity contribution < 1.29 is 9.18 Å². The molecular weight excluding hydrogens is 243 g/mol. The van der Waals surface area contributed by atoms with Crippen LogP contribution in [0.5, 0.6) is 0 Å². The van der Waals surface area contributed by atoms with Crippen molar-refractivity contribution in [3.05, 3.63) is 34.1 Å². The van der Waals surface area contributed by atoms with Gasteiger partial charge in [-0.1, -0.05) is 11.6 Å². The first-order valence-electron chi connectivity index (χ1n) is 5.33. The van der Waals surface area contributed by atoms with Crippen molar-refractivity contribution in [1.29, 1.82) is 0 Å². The van der Waals surface area contributed by atoms with E-state index in [-0.39, 0.29) is 16.5 Å². The van der Waals surface area contributed by atoms with Gasteiger partial charge in [0.25, 0.3) is 5.91 Å². The molecule has 0 saturated carbocycles. The molecule has 0 saturated heterocycles. The molecule has 5 heteroatoms. The third-order valence-corrected chi connectivity index (χ3v) is 2.84. The lowest BCUT2D eigenvalue weighted by Crippen LogP contribution is -2.33. The number of carbonyl (C=O) groups excluding carboxylic acids is 1. The first-order chi connectivity index (χ1) is 7.97. The molecule has 1 rings (SSSR count). The van der Waals surface area contributed by atoms with Gasteiger partial charge in [0, 0.05) is 20.1 Å². The van der Waals surface area contributed by atoms with E-state index in [1.54, 1.807) is 21.0 Å². The Balaban J connectivity index is 2.92. The lowest BCUT2D eigenvalue weighted by molar-refractivity contribution is 0.0796. The summed E-state index contributed by atoms with van der Waals surface area (Å²) in [5, 5.41) is 3.22. The molecule has 1 aromatic rings. The molecule has 0 aliphatic heterocycles. The number of rotatable bonds is 4. The van der Waals surface area contributed by atoms with E-state index in [9.17, 15) is 9.18 Å². The zero-order valence-corrected chi connectivity index (χ0v) is 10.9. The highest BCUT2D eigenvalue weighted by Gasteiger charge is 2.16. The Kier molecular flexibility index (Phi) is 4.90. The van der Waals surface area contributed by atoms with Crippen LogP contribution in [0.3, 0.4) is 0 Å². The molecule has 3 nitrogen and oxygen atoms in total. The van der Waals surface area contributed by atoms with Gasteiger partial charge in [-0.2, -0.15) is 0 Å². The van der Waals surface area contributed by atoms with Crippen LogP contribution in [0.15, 0.2) is 12.1 Å². The van der Waals surface area contributed by atoms with Gasteiger partial charge in [-0.25, -0.2) is 4.39 Å². The number of hydrogen-bond acceptors (Lipinski definition) is 2. The molecule has 94 valence electrons. The Morgan fingerprint density at radius 1 is 1.53 bits per heavy atom. The summed E-state index contributed by atoms with van der Waals surface area (Å²) in [6.07, 6.45) is 0. The van der Waals surface area contributed by atoms with Crippen LogP contribution in [0.2, 0.25) is 5.02 Å². The monoisotopic (exact) mass is 258 g/mol. The van der Waals surface area contributed by atoms with Crippen LogP contribution in [-0.4, -0.2) is 38.0 Å². The molecule has 0 aliphatic rings. The molecule has 0 spiro atoms. The Morgan fingerprint density at radius 3 is 2.76 bits per heavy atom. The molecule has 0 unspecified atom stereocenters. The number of aryl methyl sites for hydroxylation is 1. The van der Waals surface area contributed by atoms with E-state index in [4.69, 9.17) is 11.6 Å². The Bertz CT molecular complexity index is 423. The van der Waals surface area contributed by atoms with Crippen LogP contribution < -0.4 is 5.32 Å². The fourth-order valence-corrected chi connectivity index (χ4v) is 1.70. The first kappa shape index (κ1) is 13.9. The Hall–Kier alpha value is -1.13. The van der Waals surface area contributed by atoms with Crippen molar-refractivity contribution in [3.8, 4) is 0 Å². The summed E-state index contributed by atoms with van der Waals surface area (Å²) in [4.78, 5) is 13.5. The van der Waals surface area contributed by atoms with Gasteiger partial charge in [-0.15, -0.1) is 0 Å². The highest BCUT2D eigenvalue weighted by Crippen LogP contribution is 2.21. The zero-order valence-electron chi connectivity index (χ0n) is 10.2. The van der Waals surface area contributed by atoms with E-state index < -0.39 is 5.82 Å². The van der Waals surface area contributed by atoms with Crippen molar-refractivity contribution in [2.24, 2.45) is 0 Å². The first-order valence-corrected chi connectivity index (χ1v) is 5.71. The molecule has 0 aliphatic carbocycles. The largest absolute Gasteiger partial charge is 0.340 e. The van der Waals surface area contributed by atoms with Crippen LogP contribution in [0.4, 0.5) is 4.39 Å². The minimum Gasteiger partial charge on any atom is -0.340 e. The molecule has 0 radical (unpaired) electrons. The molecule has 0 bridgehead atoms. The van der Waals surface area contributed by atoms with Crippen LogP contribution in [0.25, 0.3) is 0 Å². The summed E-state index contributed by atoms with van der Waals surface area (Å²) in [6, 6.07) is 2.66. The molecule has 1 amide bonds. The number of carbonyl (C=O) groups is 1. The van der Waals surface area contributed by atoms with Crippen molar-refractivity contribution in [2.75, 3.05) is 27.2 Å². The lowest BCUT2D eigenvalue weighted by Gasteiger charge is -2.18. The van der Waals surface area contributed by atoms with Crippen molar-refractivity contribution in [2.45, 2.75) is 6.92 Å². The average molecular weight is 259 g/mol. The molecule has 0 atom stereocenters. The Morgan fingerprint density at radius 2 is 2.18 bits per heavy atom. The summed E-state index contributed by atoms with van der Waals surface area (Å²) >= 11 is 5.94. The molecule has 17 heavy (non-hydrogen) atoms. The predicted molar refractivity (Wildman–Crippen MR) is 67.0 cm³/mol. The van der Waals surface area contributed by atoms with E-state index in [0.29, 0.717) is 18.7 Å². The number of halogens is 2. The smallest absolute Gasteiger partial charge is 0.255 e. The van der Waals surface area contributed by atoms with E-state index in [1.165, 1.54) is 17.0 Å². The predicted octanol–water partition coefficient (Wildman–Crippen LogP) is 2.08. The maximum atomic E-state index is 13.4. The van der Waals surface area contributed by atoms with Crippen molar-refractivity contribution in [1.82, 2.24) is 10.2 Å². The van der Waals surface area contributed by atoms with Gasteiger partial charge in [0.1, 0.15) is 5.82 Å². The molecular formula is C12H16ClFN2O. The standard InChI is InChI=1S/C12H16ClFN2O/c1-8-6-10(13)9(7-11(8)14)12(17)16(3)5-4-15-2/h6-7,15H,4-5H2,1-3H3. The zero-order chi connectivity index (χ0) is 13.0. The summed E-state index contributed by atoms with van der Waals surface area (Å²) < 4.78 is 13.4. The third kappa shape index (κ3) is 3.41. The van der Waals surface area contributed by atoms with E-state index in [1.807, 2.05) is 0 Å². The number of amides is 1. The molecule has 0 heterocycles. The van der Waals surface area contributed by atoms with Crippen LogP contribution >= 0.6 is 11.6 Å². The SMILES string of the molecule is CNCCN(C)C(=O)c1cc(F)c(C)cc1Cl. The summed E-state index contributed by atoms with van der Waals surface area (Å²) in [6.45, 7) is 2.83. The van der Waals surface area contributed by atoms with Gasteiger partial charge in [-0.3, -0.25) is 4.79 Å². The Labute approximate surface area is 106 Å². The van der Waals surface area contributed by atoms with Gasteiger partial charge in [-0.05, 0) is 31.7 Å². The second kappa shape index (κ2) is 5.98. The van der Waals surface area contributed by atoms with Crippen LogP contribution in [0, 0.1) is 12.7 Å². The highest BCUT2D eigenvalue weighted by molar-refractivity contribution is 6.33. The van der Waals surface area contributed by atoms with Crippen molar-refractivity contribution in [3.63, 3.8) is 0 Å². The van der Waals surface area contributed by atoms with Gasteiger partial charge >= 0.3 is 0 Å². The number of nitrogens with one attached hydrogen (secondary N) is 1. The second-order valence-electron chi connectivity index (χ2n) is 3.91. The third-order valence-electron chi connectivity index (χ3n) is 2.52. The van der Waals surface area contributed by atoms with E-state index >= 15 is 0 Å². The molecule has 1 N–H and O–H groups in total. The lowest BCUT2D eigenvalue weighted by atomic mass is 10.1. The fourth-order valence-electron chi connectivity index (χ4n) is 1.40. The van der Waals surface area contributed by atoms with Crippen LogP contribution in [0.1, 0.15) is 15.9 Å². The summed E-state index contributed by atoms with van der Waals surface area (Å²) in [5.74, 6) is -0.691. The average Bonchev–Trinajstić information content (AvgIpc) is 2.29. The topological polar surface area (TPSA) is 32.3 Å². The highest BCUT2D eigenvalue weighted by atomic mass is 35.5. The quantitative estimate of drug-likeness (QED) is 0.897. The number of likely N-dealkylation sites (N-methyl/N-ethyl adjacent to an activating group) is 2. The maximum absolute atomic E-state index is 13.4. The van der Waals surface area contributed by atoms with E-state index in [2.05, 4.69) is 5.32 Å². The van der Waals surface area contributed by atoms with Gasteiger partial charge in [0.15, 0.2) is 0 Å². The summed E-state index contributed by atoms with van der Waals surface area (Å²) in [5.41, 5.74) is 0.637. The second-order valence-corrected chi connectivity index (χ2v) is 4.32. The number of nitrogens with zero attached hydrogens (tertiary/aromatic N) is 1. The van der Waals surface area contributed by atoms with Gasteiger partial charge in [0.05, 0.1) is 10.6 Å². The maximum Gasteiger partial charge on any atom is 0.255 e. The van der Waals surface area contributed by atoms with Gasteiger partial charge in [0.2, 0.25) is 0 Å².